The van der Waals surface area contributed by atoms with Gasteiger partial charge in [0.15, 0.2) is 0 Å². The third-order valence-corrected chi connectivity index (χ3v) is 5.40. The van der Waals surface area contributed by atoms with Crippen LogP contribution < -0.4 is 4.74 Å². The number of aromatic nitrogens is 2. The Bertz CT molecular complexity index is 1050. The van der Waals surface area contributed by atoms with Crippen LogP contribution in [-0.4, -0.2) is 52.2 Å². The Balaban J connectivity index is 1.94. The highest BCUT2D eigenvalue weighted by Gasteiger charge is 2.23. The lowest BCUT2D eigenvalue weighted by Crippen LogP contribution is -2.37. The maximum atomic E-state index is 10.6. The van der Waals surface area contributed by atoms with E-state index in [2.05, 4.69) is 25.3 Å². The highest BCUT2D eigenvalue weighted by Crippen LogP contribution is 2.32. The van der Waals surface area contributed by atoms with E-state index in [1.807, 2.05) is 61.5 Å². The molecular formula is C27H34ClN3O3. The molecule has 0 saturated heterocycles. The Kier molecular flexibility index (Phi) is 9.72. The van der Waals surface area contributed by atoms with Crippen LogP contribution in [0.5, 0.6) is 11.6 Å². The van der Waals surface area contributed by atoms with Crippen LogP contribution in [0.25, 0.3) is 5.69 Å². The first-order chi connectivity index (χ1) is 16.4. The number of para-hydroxylation sites is 1. The largest absolute Gasteiger partial charge is 0.439 e. The zero-order valence-electron chi connectivity index (χ0n) is 20.2. The summed E-state index contributed by atoms with van der Waals surface area (Å²) < 4.78 is 13.6. The van der Waals surface area contributed by atoms with Gasteiger partial charge in [0.2, 0.25) is 5.88 Å². The van der Waals surface area contributed by atoms with Gasteiger partial charge in [0.05, 0.1) is 36.3 Å². The summed E-state index contributed by atoms with van der Waals surface area (Å²) in [4.78, 5) is 2.22. The van der Waals surface area contributed by atoms with E-state index in [4.69, 9.17) is 26.2 Å². The van der Waals surface area contributed by atoms with Gasteiger partial charge in [0.1, 0.15) is 5.75 Å². The first-order valence-corrected chi connectivity index (χ1v) is 11.9. The van der Waals surface area contributed by atoms with Gasteiger partial charge in [-0.3, -0.25) is 4.90 Å². The molecule has 1 N–H and O–H groups in total. The highest BCUT2D eigenvalue weighted by atomic mass is 35.5. The summed E-state index contributed by atoms with van der Waals surface area (Å²) in [5, 5.41) is 16.0. The van der Waals surface area contributed by atoms with Crippen molar-refractivity contribution >= 4 is 11.6 Å². The van der Waals surface area contributed by atoms with Crippen LogP contribution in [0.1, 0.15) is 25.1 Å². The monoisotopic (exact) mass is 483 g/mol. The van der Waals surface area contributed by atoms with E-state index in [9.17, 15) is 5.11 Å². The van der Waals surface area contributed by atoms with Gasteiger partial charge in [0.25, 0.3) is 0 Å². The average Bonchev–Trinajstić information content (AvgIpc) is 3.09. The number of hydrogen-bond donors (Lipinski definition) is 1. The van der Waals surface area contributed by atoms with Gasteiger partial charge in [0, 0.05) is 24.7 Å². The Morgan fingerprint density at radius 2 is 1.91 bits per heavy atom. The van der Waals surface area contributed by atoms with Gasteiger partial charge in [-0.1, -0.05) is 55.8 Å². The lowest BCUT2D eigenvalue weighted by Gasteiger charge is -2.27. The molecule has 1 atom stereocenters. The first kappa shape index (κ1) is 26.0. The topological polar surface area (TPSA) is 59.8 Å². The van der Waals surface area contributed by atoms with Crippen LogP contribution in [0.15, 0.2) is 67.3 Å². The molecule has 0 unspecified atom stereocenters. The summed E-state index contributed by atoms with van der Waals surface area (Å²) in [5.41, 5.74) is 2.64. The van der Waals surface area contributed by atoms with E-state index in [1.165, 1.54) is 0 Å². The van der Waals surface area contributed by atoms with Crippen molar-refractivity contribution in [3.05, 3.63) is 83.5 Å². The molecule has 7 heteroatoms. The fraction of sp³-hybridized carbons (Fsp3) is 0.370. The summed E-state index contributed by atoms with van der Waals surface area (Å²) in [5.74, 6) is 1.78. The van der Waals surface area contributed by atoms with Crippen LogP contribution in [0.3, 0.4) is 0 Å². The quantitative estimate of drug-likeness (QED) is 0.251. The SMILES string of the molecule is C=CCOC[C@H](O)CN(Cc1c(C)nn(-c2cccc(Cl)c2)c1Oc1ccccc1)CC(C)C. The molecule has 0 amide bonds. The summed E-state index contributed by atoms with van der Waals surface area (Å²) in [6.45, 7) is 12.5. The molecule has 0 aliphatic carbocycles. The van der Waals surface area contributed by atoms with Crippen molar-refractivity contribution < 1.29 is 14.6 Å². The van der Waals surface area contributed by atoms with Crippen molar-refractivity contribution in [3.63, 3.8) is 0 Å². The number of benzene rings is 2. The molecule has 0 spiro atoms. The number of halogens is 1. The minimum atomic E-state index is -0.611. The molecule has 3 rings (SSSR count). The number of aliphatic hydroxyl groups is 1. The van der Waals surface area contributed by atoms with Crippen molar-refractivity contribution in [1.82, 2.24) is 14.7 Å². The number of rotatable bonds is 13. The van der Waals surface area contributed by atoms with Gasteiger partial charge in [-0.15, -0.1) is 6.58 Å². The molecular weight excluding hydrogens is 450 g/mol. The summed E-state index contributed by atoms with van der Waals surface area (Å²) in [7, 11) is 0. The van der Waals surface area contributed by atoms with Crippen LogP contribution in [0.2, 0.25) is 5.02 Å². The normalized spacial score (nSPS) is 12.3. The van der Waals surface area contributed by atoms with Crippen LogP contribution in [-0.2, 0) is 11.3 Å². The highest BCUT2D eigenvalue weighted by molar-refractivity contribution is 6.30. The predicted octanol–water partition coefficient (Wildman–Crippen LogP) is 5.65. The molecule has 0 bridgehead atoms. The van der Waals surface area contributed by atoms with Crippen LogP contribution in [0, 0.1) is 12.8 Å². The van der Waals surface area contributed by atoms with E-state index in [0.717, 1.165) is 29.2 Å². The number of hydrogen-bond acceptors (Lipinski definition) is 5. The molecule has 0 aliphatic heterocycles. The van der Waals surface area contributed by atoms with Gasteiger partial charge in [-0.25, -0.2) is 4.68 Å². The molecule has 6 nitrogen and oxygen atoms in total. The average molecular weight is 484 g/mol. The Hall–Kier alpha value is -2.64. The lowest BCUT2D eigenvalue weighted by molar-refractivity contribution is 0.0222. The summed E-state index contributed by atoms with van der Waals surface area (Å²) >= 11 is 6.27. The van der Waals surface area contributed by atoms with Gasteiger partial charge in [-0.2, -0.15) is 5.10 Å². The van der Waals surface area contributed by atoms with E-state index in [0.29, 0.717) is 36.5 Å². The minimum absolute atomic E-state index is 0.259. The molecule has 2 aromatic carbocycles. The van der Waals surface area contributed by atoms with Crippen molar-refractivity contribution in [3.8, 4) is 17.3 Å². The molecule has 34 heavy (non-hydrogen) atoms. The van der Waals surface area contributed by atoms with Crippen molar-refractivity contribution in [2.75, 3.05) is 26.3 Å². The van der Waals surface area contributed by atoms with Crippen LogP contribution >= 0.6 is 11.6 Å². The number of aliphatic hydroxyl groups excluding tert-OH is 1. The summed E-state index contributed by atoms with van der Waals surface area (Å²) in [6, 6.07) is 17.2. The second-order valence-corrected chi connectivity index (χ2v) is 9.18. The molecule has 3 aromatic rings. The number of aryl methyl sites for hydroxylation is 1. The minimum Gasteiger partial charge on any atom is -0.439 e. The first-order valence-electron chi connectivity index (χ1n) is 11.5. The fourth-order valence-corrected chi connectivity index (χ4v) is 3.97. The zero-order valence-corrected chi connectivity index (χ0v) is 20.9. The van der Waals surface area contributed by atoms with Crippen molar-refractivity contribution in [2.45, 2.75) is 33.4 Å². The van der Waals surface area contributed by atoms with E-state index in [1.54, 1.807) is 10.8 Å². The van der Waals surface area contributed by atoms with Crippen molar-refractivity contribution in [1.29, 1.82) is 0 Å². The molecule has 182 valence electrons. The van der Waals surface area contributed by atoms with E-state index >= 15 is 0 Å². The standard InChI is InChI=1S/C27H34ClN3O3/c1-5-14-33-19-24(32)17-30(16-20(2)3)18-26-21(4)29-31(23-11-9-10-22(28)15-23)27(26)34-25-12-7-6-8-13-25/h5-13,15,20,24,32H,1,14,16-19H2,2-4H3/t24-/m1/s1. The molecule has 0 saturated carbocycles. The maximum Gasteiger partial charge on any atom is 0.227 e. The molecule has 0 fully saturated rings. The Labute approximate surface area is 207 Å². The van der Waals surface area contributed by atoms with Gasteiger partial charge in [-0.05, 0) is 43.2 Å². The van der Waals surface area contributed by atoms with Gasteiger partial charge >= 0.3 is 0 Å². The lowest BCUT2D eigenvalue weighted by atomic mass is 10.1. The second-order valence-electron chi connectivity index (χ2n) is 8.74. The third-order valence-electron chi connectivity index (χ3n) is 5.17. The fourth-order valence-electron chi connectivity index (χ4n) is 3.79. The molecule has 1 heterocycles. The van der Waals surface area contributed by atoms with E-state index in [-0.39, 0.29) is 6.61 Å². The Morgan fingerprint density at radius 3 is 2.59 bits per heavy atom. The maximum absolute atomic E-state index is 10.6. The van der Waals surface area contributed by atoms with Gasteiger partial charge < -0.3 is 14.6 Å². The second kappa shape index (κ2) is 12.7. The number of ether oxygens (including phenoxy) is 2. The zero-order chi connectivity index (χ0) is 24.5. The smallest absolute Gasteiger partial charge is 0.227 e. The third kappa shape index (κ3) is 7.43. The predicted molar refractivity (Wildman–Crippen MR) is 137 cm³/mol. The molecule has 0 radical (unpaired) electrons. The van der Waals surface area contributed by atoms with Crippen LogP contribution in [0.4, 0.5) is 0 Å². The van der Waals surface area contributed by atoms with E-state index < -0.39 is 6.10 Å². The van der Waals surface area contributed by atoms with Crippen molar-refractivity contribution in [2.24, 2.45) is 5.92 Å². The Morgan fingerprint density at radius 1 is 1.15 bits per heavy atom. The molecule has 1 aromatic heterocycles. The molecule has 0 aliphatic rings. The number of nitrogens with zero attached hydrogens (tertiary/aromatic N) is 3. The summed E-state index contributed by atoms with van der Waals surface area (Å²) in [6.07, 6.45) is 1.07.